The van der Waals surface area contributed by atoms with Crippen LogP contribution in [0.4, 0.5) is 0 Å². The van der Waals surface area contributed by atoms with Gasteiger partial charge in [0.15, 0.2) is 0 Å². The number of thioether (sulfide) groups is 1. The zero-order valence-electron chi connectivity index (χ0n) is 15.4. The molecule has 25 heavy (non-hydrogen) atoms. The van der Waals surface area contributed by atoms with Crippen molar-refractivity contribution in [3.05, 3.63) is 21.4 Å². The highest BCUT2D eigenvalue weighted by molar-refractivity contribution is 7.99. The highest BCUT2D eigenvalue weighted by atomic mass is 32.2. The number of morpholine rings is 1. The molecule has 3 heterocycles. The van der Waals surface area contributed by atoms with Crippen molar-refractivity contribution in [2.24, 2.45) is 0 Å². The molecule has 2 fully saturated rings. The third-order valence-corrected chi connectivity index (χ3v) is 7.79. The van der Waals surface area contributed by atoms with Crippen LogP contribution < -0.4 is 5.32 Å². The fraction of sp³-hybridized carbons (Fsp3) is 0.737. The Morgan fingerprint density at radius 3 is 2.80 bits per heavy atom. The summed E-state index contributed by atoms with van der Waals surface area (Å²) in [5.41, 5.74) is 1.46. The number of rotatable bonds is 7. The van der Waals surface area contributed by atoms with E-state index in [1.807, 2.05) is 11.8 Å². The maximum absolute atomic E-state index is 12.8. The summed E-state index contributed by atoms with van der Waals surface area (Å²) in [5, 5.41) is 3.26. The molecule has 2 aliphatic heterocycles. The van der Waals surface area contributed by atoms with Crippen molar-refractivity contribution < 1.29 is 9.53 Å². The summed E-state index contributed by atoms with van der Waals surface area (Å²) < 4.78 is 5.52. The minimum atomic E-state index is 0.103. The average molecular weight is 383 g/mol. The molecule has 1 N–H and O–H groups in total. The van der Waals surface area contributed by atoms with Gasteiger partial charge in [-0.25, -0.2) is 0 Å². The number of aryl methyl sites for hydroxylation is 2. The molecular formula is C19H30N2O2S2. The van der Waals surface area contributed by atoms with E-state index in [4.69, 9.17) is 4.74 Å². The lowest BCUT2D eigenvalue weighted by Crippen LogP contribution is -2.59. The van der Waals surface area contributed by atoms with Crippen LogP contribution >= 0.6 is 23.1 Å². The van der Waals surface area contributed by atoms with Crippen molar-refractivity contribution >= 4 is 29.0 Å². The molecule has 3 rings (SSSR count). The van der Waals surface area contributed by atoms with Gasteiger partial charge in [0.05, 0.1) is 18.1 Å². The molecule has 1 aromatic rings. The maximum atomic E-state index is 12.8. The Hall–Kier alpha value is -0.560. The second-order valence-corrected chi connectivity index (χ2v) is 9.21. The van der Waals surface area contributed by atoms with Crippen LogP contribution in [0.1, 0.15) is 46.8 Å². The zero-order valence-corrected chi connectivity index (χ0v) is 17.1. The van der Waals surface area contributed by atoms with Gasteiger partial charge in [-0.1, -0.05) is 20.3 Å². The molecule has 0 bridgehead atoms. The number of amides is 1. The third kappa shape index (κ3) is 4.41. The van der Waals surface area contributed by atoms with E-state index >= 15 is 0 Å². The maximum Gasteiger partial charge on any atom is 0.261 e. The van der Waals surface area contributed by atoms with E-state index in [1.165, 1.54) is 16.2 Å². The molecule has 2 aliphatic rings. The predicted octanol–water partition coefficient (Wildman–Crippen LogP) is 3.20. The Morgan fingerprint density at radius 2 is 2.16 bits per heavy atom. The first-order valence-corrected chi connectivity index (χ1v) is 11.5. The monoisotopic (exact) mass is 382 g/mol. The van der Waals surface area contributed by atoms with Crippen molar-refractivity contribution in [3.8, 4) is 0 Å². The number of nitrogens with one attached hydrogen (secondary N) is 1. The van der Waals surface area contributed by atoms with Crippen LogP contribution in [-0.4, -0.2) is 60.7 Å². The molecule has 140 valence electrons. The predicted molar refractivity (Wildman–Crippen MR) is 107 cm³/mol. The van der Waals surface area contributed by atoms with Gasteiger partial charge in [-0.05, 0) is 36.6 Å². The van der Waals surface area contributed by atoms with Crippen LogP contribution in [0, 0.1) is 0 Å². The largest absolute Gasteiger partial charge is 0.379 e. The van der Waals surface area contributed by atoms with Crippen LogP contribution in [0.15, 0.2) is 6.07 Å². The topological polar surface area (TPSA) is 41.6 Å². The molecule has 6 heteroatoms. The highest BCUT2D eigenvalue weighted by Crippen LogP contribution is 2.34. The second kappa shape index (κ2) is 8.89. The third-order valence-electron chi connectivity index (χ3n) is 5.32. The minimum absolute atomic E-state index is 0.103. The van der Waals surface area contributed by atoms with Gasteiger partial charge < -0.3 is 10.1 Å². The van der Waals surface area contributed by atoms with Gasteiger partial charge in [-0.3, -0.25) is 9.69 Å². The fourth-order valence-corrected chi connectivity index (χ4v) is 6.53. The van der Waals surface area contributed by atoms with Crippen molar-refractivity contribution in [1.82, 2.24) is 10.2 Å². The molecular weight excluding hydrogens is 352 g/mol. The fourth-order valence-electron chi connectivity index (χ4n) is 3.78. The molecule has 0 aromatic carbocycles. The van der Waals surface area contributed by atoms with Gasteiger partial charge in [0.1, 0.15) is 0 Å². The molecule has 1 aromatic heterocycles. The van der Waals surface area contributed by atoms with Gasteiger partial charge >= 0.3 is 0 Å². The van der Waals surface area contributed by atoms with Crippen LogP contribution in [-0.2, 0) is 17.6 Å². The van der Waals surface area contributed by atoms with Crippen LogP contribution in [0.5, 0.6) is 0 Å². The normalized spacial score (nSPS) is 24.6. The van der Waals surface area contributed by atoms with Gasteiger partial charge in [-0.15, -0.1) is 11.3 Å². The Morgan fingerprint density at radius 1 is 1.36 bits per heavy atom. The number of ether oxygens (including phenoxy) is 1. The average Bonchev–Trinajstić information content (AvgIpc) is 3.28. The quantitative estimate of drug-likeness (QED) is 0.786. The summed E-state index contributed by atoms with van der Waals surface area (Å²) in [4.78, 5) is 17.6. The van der Waals surface area contributed by atoms with E-state index in [2.05, 4.69) is 30.1 Å². The summed E-state index contributed by atoms with van der Waals surface area (Å²) in [5.74, 6) is 2.40. The smallest absolute Gasteiger partial charge is 0.261 e. The van der Waals surface area contributed by atoms with Crippen LogP contribution in [0.3, 0.4) is 0 Å². The summed E-state index contributed by atoms with van der Waals surface area (Å²) in [6, 6.07) is 2.11. The summed E-state index contributed by atoms with van der Waals surface area (Å²) in [6.45, 7) is 8.71. The molecule has 0 aliphatic carbocycles. The van der Waals surface area contributed by atoms with Crippen molar-refractivity contribution in [2.45, 2.75) is 45.1 Å². The lowest BCUT2D eigenvalue weighted by atomic mass is 9.95. The van der Waals surface area contributed by atoms with E-state index in [0.717, 1.165) is 69.2 Å². The van der Waals surface area contributed by atoms with Crippen molar-refractivity contribution in [1.29, 1.82) is 0 Å². The Labute approximate surface area is 159 Å². The number of hydrogen-bond donors (Lipinski definition) is 1. The Balaban J connectivity index is 1.65. The Kier molecular flexibility index (Phi) is 6.83. The lowest BCUT2D eigenvalue weighted by Gasteiger charge is -2.43. The SMILES string of the molecule is CCCc1sc(C(=O)NCC2(N3CCOCC3)CCSC2)cc1CC. The van der Waals surface area contributed by atoms with E-state index in [1.54, 1.807) is 11.3 Å². The molecule has 1 amide bonds. The van der Waals surface area contributed by atoms with E-state index < -0.39 is 0 Å². The first-order valence-electron chi connectivity index (χ1n) is 9.49. The van der Waals surface area contributed by atoms with Gasteiger partial charge in [0.2, 0.25) is 0 Å². The first-order chi connectivity index (χ1) is 12.2. The summed E-state index contributed by atoms with van der Waals surface area (Å²) in [7, 11) is 0. The second-order valence-electron chi connectivity index (χ2n) is 6.97. The Bertz CT molecular complexity index is 576. The molecule has 0 spiro atoms. The first kappa shape index (κ1) is 19.2. The van der Waals surface area contributed by atoms with E-state index in [0.29, 0.717) is 0 Å². The summed E-state index contributed by atoms with van der Waals surface area (Å²) in [6.07, 6.45) is 4.37. The van der Waals surface area contributed by atoms with Crippen LogP contribution in [0.25, 0.3) is 0 Å². The number of nitrogens with zero attached hydrogens (tertiary/aromatic N) is 1. The zero-order chi connectivity index (χ0) is 17.7. The van der Waals surface area contributed by atoms with Gasteiger partial charge in [-0.2, -0.15) is 11.8 Å². The molecule has 4 nitrogen and oxygen atoms in total. The minimum Gasteiger partial charge on any atom is -0.379 e. The van der Waals surface area contributed by atoms with E-state index in [9.17, 15) is 4.79 Å². The van der Waals surface area contributed by atoms with Gasteiger partial charge in [0.25, 0.3) is 5.91 Å². The van der Waals surface area contributed by atoms with Crippen LogP contribution in [0.2, 0.25) is 0 Å². The van der Waals surface area contributed by atoms with Crippen molar-refractivity contribution in [3.63, 3.8) is 0 Å². The standard InChI is InChI=1S/C19H30N2O2S2/c1-3-5-16-15(4-2)12-17(25-16)18(22)20-13-19(6-11-24-14-19)21-7-9-23-10-8-21/h12H,3-11,13-14H2,1-2H3,(H,20,22). The number of hydrogen-bond acceptors (Lipinski definition) is 5. The van der Waals surface area contributed by atoms with Gasteiger partial charge in [0, 0.05) is 35.8 Å². The molecule has 1 unspecified atom stereocenters. The lowest BCUT2D eigenvalue weighted by molar-refractivity contribution is -0.0129. The van der Waals surface area contributed by atoms with Crippen molar-refractivity contribution in [2.75, 3.05) is 44.4 Å². The summed E-state index contributed by atoms with van der Waals surface area (Å²) >= 11 is 3.69. The van der Waals surface area contributed by atoms with E-state index in [-0.39, 0.29) is 11.4 Å². The number of carbonyl (C=O) groups is 1. The molecule has 0 saturated carbocycles. The molecule has 2 saturated heterocycles. The molecule has 1 atom stereocenters. The number of thiophene rings is 1. The highest BCUT2D eigenvalue weighted by Gasteiger charge is 2.41. The number of carbonyl (C=O) groups excluding carboxylic acids is 1. The molecule has 0 radical (unpaired) electrons.